The third kappa shape index (κ3) is 8.81. The van der Waals surface area contributed by atoms with Gasteiger partial charge in [0.05, 0.1) is 13.2 Å². The number of allylic oxidation sites excluding steroid dienone is 1. The summed E-state index contributed by atoms with van der Waals surface area (Å²) in [4.78, 5) is 26.9. The molecule has 1 aliphatic rings. The first-order chi connectivity index (χ1) is 19.6. The predicted molar refractivity (Wildman–Crippen MR) is 161 cm³/mol. The standard InChI is InChI=1S/C33H43N5O2/c1-3-17-36(18-4-2)23-28-9-7-27(8-10-28)22-32(40)30-13-11-29(12-14-30)24-37(25-31-6-5-15-34-31)26-33-35-16-19-38(33)20-21-39/h5,7-16,19,39H,3-4,6,17-18,20-26H2,1-2H3. The van der Waals surface area contributed by atoms with Gasteiger partial charge in [0.1, 0.15) is 5.82 Å². The van der Waals surface area contributed by atoms with E-state index in [-0.39, 0.29) is 12.4 Å². The number of carbonyl (C=O) groups excluding carboxylic acids is 1. The molecule has 0 spiro atoms. The van der Waals surface area contributed by atoms with E-state index in [9.17, 15) is 9.90 Å². The van der Waals surface area contributed by atoms with Gasteiger partial charge in [0.2, 0.25) is 0 Å². The zero-order valence-corrected chi connectivity index (χ0v) is 24.0. The van der Waals surface area contributed by atoms with Crippen LogP contribution < -0.4 is 0 Å². The van der Waals surface area contributed by atoms with Gasteiger partial charge in [-0.2, -0.15) is 0 Å². The second kappa shape index (κ2) is 15.4. The van der Waals surface area contributed by atoms with Crippen LogP contribution in [0.4, 0.5) is 0 Å². The summed E-state index contributed by atoms with van der Waals surface area (Å²) in [6, 6.07) is 16.5. The van der Waals surface area contributed by atoms with Crippen molar-refractivity contribution in [2.24, 2.45) is 4.99 Å². The van der Waals surface area contributed by atoms with Gasteiger partial charge in [0.15, 0.2) is 5.78 Å². The second-order valence-corrected chi connectivity index (χ2v) is 10.6. The van der Waals surface area contributed by atoms with Gasteiger partial charge >= 0.3 is 0 Å². The highest BCUT2D eigenvalue weighted by atomic mass is 16.3. The molecule has 0 saturated carbocycles. The molecule has 0 atom stereocenters. The smallest absolute Gasteiger partial charge is 0.167 e. The quantitative estimate of drug-likeness (QED) is 0.235. The molecule has 212 valence electrons. The van der Waals surface area contributed by atoms with Crippen molar-refractivity contribution in [1.29, 1.82) is 0 Å². The number of rotatable bonds is 17. The Kier molecular flexibility index (Phi) is 11.4. The molecule has 7 heteroatoms. The van der Waals surface area contributed by atoms with Crippen LogP contribution in [-0.2, 0) is 32.6 Å². The lowest BCUT2D eigenvalue weighted by Crippen LogP contribution is -2.30. The molecule has 0 fully saturated rings. The van der Waals surface area contributed by atoms with Crippen molar-refractivity contribution in [2.75, 3.05) is 26.2 Å². The molecule has 2 aromatic carbocycles. The highest BCUT2D eigenvalue weighted by molar-refractivity contribution is 5.97. The minimum absolute atomic E-state index is 0.0795. The van der Waals surface area contributed by atoms with Gasteiger partial charge in [0.25, 0.3) is 0 Å². The fourth-order valence-electron chi connectivity index (χ4n) is 5.20. The summed E-state index contributed by atoms with van der Waals surface area (Å²) < 4.78 is 1.99. The number of ketones is 1. The fourth-order valence-corrected chi connectivity index (χ4v) is 5.20. The lowest BCUT2D eigenvalue weighted by molar-refractivity contribution is 0.0993. The molecule has 1 N–H and O–H groups in total. The highest BCUT2D eigenvalue weighted by Crippen LogP contribution is 2.16. The molecule has 1 aromatic heterocycles. The van der Waals surface area contributed by atoms with Crippen LogP contribution in [0, 0.1) is 0 Å². The molecule has 1 aliphatic heterocycles. The summed E-state index contributed by atoms with van der Waals surface area (Å²) in [5, 5.41) is 9.39. The summed E-state index contributed by atoms with van der Waals surface area (Å²) in [6.07, 6.45) is 11.2. The van der Waals surface area contributed by atoms with Gasteiger partial charge in [-0.1, -0.05) is 68.5 Å². The Morgan fingerprint density at radius 1 is 0.875 bits per heavy atom. The Bertz CT molecular complexity index is 1250. The van der Waals surface area contributed by atoms with Gasteiger partial charge < -0.3 is 9.67 Å². The summed E-state index contributed by atoms with van der Waals surface area (Å²) in [7, 11) is 0. The summed E-state index contributed by atoms with van der Waals surface area (Å²) in [5.41, 5.74) is 5.34. The van der Waals surface area contributed by atoms with Crippen LogP contribution >= 0.6 is 0 Å². The first-order valence-electron chi connectivity index (χ1n) is 14.5. The number of carbonyl (C=O) groups is 1. The van der Waals surface area contributed by atoms with Crippen LogP contribution in [-0.4, -0.2) is 62.2 Å². The molecule has 40 heavy (non-hydrogen) atoms. The number of hydrogen-bond donors (Lipinski definition) is 1. The maximum atomic E-state index is 13.0. The Balaban J connectivity index is 1.36. The molecule has 2 heterocycles. The Hall–Kier alpha value is -3.39. The van der Waals surface area contributed by atoms with Crippen molar-refractivity contribution in [1.82, 2.24) is 19.4 Å². The van der Waals surface area contributed by atoms with Gasteiger partial charge in [-0.3, -0.25) is 19.6 Å². The topological polar surface area (TPSA) is 74.0 Å². The lowest BCUT2D eigenvalue weighted by Gasteiger charge is -2.23. The van der Waals surface area contributed by atoms with Gasteiger partial charge in [0, 0.05) is 68.9 Å². The van der Waals surface area contributed by atoms with Gasteiger partial charge in [-0.25, -0.2) is 4.98 Å². The van der Waals surface area contributed by atoms with Crippen molar-refractivity contribution >= 4 is 11.5 Å². The summed E-state index contributed by atoms with van der Waals surface area (Å²) in [6.45, 7) is 10.3. The molecule has 0 saturated heterocycles. The zero-order valence-electron chi connectivity index (χ0n) is 24.0. The van der Waals surface area contributed by atoms with Crippen LogP contribution in [0.15, 0.2) is 78.2 Å². The number of aliphatic hydroxyl groups is 1. The third-order valence-corrected chi connectivity index (χ3v) is 7.19. The van der Waals surface area contributed by atoms with E-state index in [1.165, 1.54) is 5.56 Å². The second-order valence-electron chi connectivity index (χ2n) is 10.6. The largest absolute Gasteiger partial charge is 0.395 e. The first-order valence-corrected chi connectivity index (χ1v) is 14.5. The minimum atomic E-state index is 0.0795. The average molecular weight is 542 g/mol. The average Bonchev–Trinajstić information content (AvgIpc) is 3.63. The van der Waals surface area contributed by atoms with E-state index in [1.807, 2.05) is 41.2 Å². The summed E-state index contributed by atoms with van der Waals surface area (Å²) >= 11 is 0. The van der Waals surface area contributed by atoms with Crippen LogP contribution in [0.1, 0.15) is 66.0 Å². The van der Waals surface area contributed by atoms with Crippen LogP contribution in [0.25, 0.3) is 0 Å². The number of hydrogen-bond acceptors (Lipinski definition) is 6. The molecule has 7 nitrogen and oxygen atoms in total. The number of aromatic nitrogens is 2. The Morgan fingerprint density at radius 2 is 1.52 bits per heavy atom. The first kappa shape index (κ1) is 29.6. The molecule has 0 bridgehead atoms. The maximum absolute atomic E-state index is 13.0. The van der Waals surface area contributed by atoms with E-state index in [1.54, 1.807) is 6.20 Å². The molecule has 4 rings (SSSR count). The highest BCUT2D eigenvalue weighted by Gasteiger charge is 2.15. The van der Waals surface area contributed by atoms with E-state index in [4.69, 9.17) is 0 Å². The molecule has 0 radical (unpaired) electrons. The summed E-state index contributed by atoms with van der Waals surface area (Å²) in [5.74, 6) is 1.05. The number of aliphatic imine (C=N–C) groups is 1. The zero-order chi connectivity index (χ0) is 28.2. The van der Waals surface area contributed by atoms with Gasteiger partial charge in [-0.05, 0) is 42.6 Å². The number of imidazole rings is 1. The van der Waals surface area contributed by atoms with Crippen LogP contribution in [0.2, 0.25) is 0 Å². The normalized spacial score (nSPS) is 13.0. The number of benzene rings is 2. The molecular weight excluding hydrogens is 498 g/mol. The van der Waals surface area contributed by atoms with Gasteiger partial charge in [-0.15, -0.1) is 0 Å². The number of Topliss-reactive ketones (excluding diaryl/α,β-unsaturated/α-hetero) is 1. The number of aliphatic hydroxyl groups excluding tert-OH is 1. The molecule has 0 unspecified atom stereocenters. The Labute approximate surface area is 238 Å². The lowest BCUT2D eigenvalue weighted by atomic mass is 10.0. The fraction of sp³-hybridized carbons (Fsp3) is 0.424. The van der Waals surface area contributed by atoms with Crippen molar-refractivity contribution in [3.63, 3.8) is 0 Å². The van der Waals surface area contributed by atoms with Crippen molar-refractivity contribution in [3.8, 4) is 0 Å². The maximum Gasteiger partial charge on any atom is 0.167 e. The van der Waals surface area contributed by atoms with Crippen molar-refractivity contribution < 1.29 is 9.90 Å². The van der Waals surface area contributed by atoms with E-state index < -0.39 is 0 Å². The molecule has 3 aromatic rings. The Morgan fingerprint density at radius 3 is 2.15 bits per heavy atom. The predicted octanol–water partition coefficient (Wildman–Crippen LogP) is 5.28. The third-order valence-electron chi connectivity index (χ3n) is 7.19. The van der Waals surface area contributed by atoms with Crippen molar-refractivity contribution in [3.05, 3.63) is 101 Å². The van der Waals surface area contributed by atoms with E-state index in [0.717, 1.165) is 73.7 Å². The van der Waals surface area contributed by atoms with Crippen LogP contribution in [0.3, 0.4) is 0 Å². The molecule has 0 amide bonds. The molecular formula is C33H43N5O2. The monoisotopic (exact) mass is 541 g/mol. The van der Waals surface area contributed by atoms with E-state index in [2.05, 4.69) is 64.0 Å². The SMILES string of the molecule is CCCN(CCC)Cc1ccc(CC(=O)c2ccc(CN(CC3=NC=CC3)Cc3nccn3CCO)cc2)cc1. The minimum Gasteiger partial charge on any atom is -0.395 e. The van der Waals surface area contributed by atoms with E-state index in [0.29, 0.717) is 26.1 Å². The number of nitrogens with zero attached hydrogens (tertiary/aromatic N) is 5. The van der Waals surface area contributed by atoms with Crippen LogP contribution in [0.5, 0.6) is 0 Å². The van der Waals surface area contributed by atoms with Crippen molar-refractivity contribution in [2.45, 2.75) is 65.7 Å². The molecule has 0 aliphatic carbocycles. The van der Waals surface area contributed by atoms with E-state index >= 15 is 0 Å².